The number of ether oxygens (including phenoxy) is 2. The van der Waals surface area contributed by atoms with E-state index in [0.717, 1.165) is 19.4 Å². The van der Waals surface area contributed by atoms with E-state index in [1.165, 1.54) is 0 Å². The maximum Gasteiger partial charge on any atom is 0.393 e. The number of halogens is 3. The van der Waals surface area contributed by atoms with E-state index in [4.69, 9.17) is 9.47 Å². The molecule has 0 bridgehead atoms. The fraction of sp³-hybridized carbons (Fsp3) is 1.00. The zero-order valence-electron chi connectivity index (χ0n) is 12.1. The van der Waals surface area contributed by atoms with E-state index in [0.29, 0.717) is 19.6 Å². The van der Waals surface area contributed by atoms with E-state index in [1.54, 1.807) is 4.90 Å². The van der Waals surface area contributed by atoms with E-state index in [1.807, 2.05) is 0 Å². The van der Waals surface area contributed by atoms with Crippen molar-refractivity contribution in [2.24, 2.45) is 5.92 Å². The molecule has 4 nitrogen and oxygen atoms in total. The molecule has 2 rings (SSSR count). The Bertz CT molecular complexity index is 308. The van der Waals surface area contributed by atoms with Crippen LogP contribution in [0.4, 0.5) is 13.2 Å². The SMILES string of the molecule is O[C@H](COC[C@H]1CCCO1)CN1CCC[C@@H](C(F)(F)F)C1. The summed E-state index contributed by atoms with van der Waals surface area (Å²) in [4.78, 5) is 1.68. The zero-order valence-corrected chi connectivity index (χ0v) is 12.1. The van der Waals surface area contributed by atoms with Gasteiger partial charge in [0, 0.05) is 19.7 Å². The summed E-state index contributed by atoms with van der Waals surface area (Å²) in [5, 5.41) is 9.88. The van der Waals surface area contributed by atoms with E-state index >= 15 is 0 Å². The standard InChI is InChI=1S/C14H24F3NO3/c15-14(16,17)11-3-1-5-18(7-11)8-12(19)9-20-10-13-4-2-6-21-13/h11-13,19H,1-10H2/t11-,12+,13-/m1/s1. The molecule has 21 heavy (non-hydrogen) atoms. The van der Waals surface area contributed by atoms with Crippen molar-refractivity contribution >= 4 is 0 Å². The van der Waals surface area contributed by atoms with Crippen LogP contribution >= 0.6 is 0 Å². The molecule has 2 aliphatic rings. The minimum atomic E-state index is -4.14. The highest BCUT2D eigenvalue weighted by molar-refractivity contribution is 4.79. The minimum absolute atomic E-state index is 0.0215. The van der Waals surface area contributed by atoms with Crippen molar-refractivity contribution in [1.82, 2.24) is 4.90 Å². The van der Waals surface area contributed by atoms with E-state index < -0.39 is 18.2 Å². The number of aliphatic hydroxyl groups excluding tert-OH is 1. The van der Waals surface area contributed by atoms with Crippen molar-refractivity contribution in [3.8, 4) is 0 Å². The van der Waals surface area contributed by atoms with Gasteiger partial charge in [0.1, 0.15) is 0 Å². The van der Waals surface area contributed by atoms with Crippen molar-refractivity contribution in [3.05, 3.63) is 0 Å². The largest absolute Gasteiger partial charge is 0.393 e. The Hall–Kier alpha value is -0.370. The first-order valence-corrected chi connectivity index (χ1v) is 7.61. The molecule has 0 aliphatic carbocycles. The van der Waals surface area contributed by atoms with Gasteiger partial charge < -0.3 is 19.5 Å². The van der Waals surface area contributed by atoms with Gasteiger partial charge in [-0.3, -0.25) is 0 Å². The molecule has 2 fully saturated rings. The molecule has 0 aromatic carbocycles. The first-order chi connectivity index (χ1) is 9.95. The number of likely N-dealkylation sites (tertiary alicyclic amines) is 1. The third kappa shape index (κ3) is 5.73. The summed E-state index contributed by atoms with van der Waals surface area (Å²) < 4.78 is 48.9. The molecule has 124 valence electrons. The summed E-state index contributed by atoms with van der Waals surface area (Å²) in [5.41, 5.74) is 0. The fourth-order valence-corrected chi connectivity index (χ4v) is 2.95. The van der Waals surface area contributed by atoms with E-state index in [2.05, 4.69) is 0 Å². The van der Waals surface area contributed by atoms with Crippen molar-refractivity contribution < 1.29 is 27.8 Å². The average Bonchev–Trinajstić information content (AvgIpc) is 2.91. The molecule has 0 saturated carbocycles. The first-order valence-electron chi connectivity index (χ1n) is 7.61. The van der Waals surface area contributed by atoms with Crippen LogP contribution in [0.5, 0.6) is 0 Å². The topological polar surface area (TPSA) is 41.9 Å². The van der Waals surface area contributed by atoms with Gasteiger partial charge in [0.25, 0.3) is 0 Å². The minimum Gasteiger partial charge on any atom is -0.389 e. The van der Waals surface area contributed by atoms with Gasteiger partial charge in [-0.2, -0.15) is 13.2 Å². The Morgan fingerprint density at radius 2 is 2.10 bits per heavy atom. The summed E-state index contributed by atoms with van der Waals surface area (Å²) >= 11 is 0. The fourth-order valence-electron chi connectivity index (χ4n) is 2.95. The molecule has 1 N–H and O–H groups in total. The van der Waals surface area contributed by atoms with Crippen molar-refractivity contribution in [1.29, 1.82) is 0 Å². The molecule has 0 aromatic rings. The number of aliphatic hydroxyl groups is 1. The number of alkyl halides is 3. The Morgan fingerprint density at radius 1 is 1.29 bits per heavy atom. The molecule has 0 amide bonds. The molecule has 2 heterocycles. The molecule has 2 aliphatic heterocycles. The number of β-amino-alcohol motifs (C(OH)–C–C–N with tert-alkyl or cyclic N) is 1. The number of piperidine rings is 1. The summed E-state index contributed by atoms with van der Waals surface area (Å²) in [6.07, 6.45) is -2.09. The highest BCUT2D eigenvalue weighted by Gasteiger charge is 2.41. The summed E-state index contributed by atoms with van der Waals surface area (Å²) in [6, 6.07) is 0. The van der Waals surface area contributed by atoms with Crippen molar-refractivity contribution in [2.45, 2.75) is 44.1 Å². The lowest BCUT2D eigenvalue weighted by Gasteiger charge is -2.34. The van der Waals surface area contributed by atoms with Crippen molar-refractivity contribution in [2.75, 3.05) is 39.5 Å². The van der Waals surface area contributed by atoms with Crippen LogP contribution in [0, 0.1) is 5.92 Å². The molecule has 0 radical (unpaired) electrons. The van der Waals surface area contributed by atoms with Crippen LogP contribution in [0.2, 0.25) is 0 Å². The quantitative estimate of drug-likeness (QED) is 0.812. The smallest absolute Gasteiger partial charge is 0.389 e. The highest BCUT2D eigenvalue weighted by atomic mass is 19.4. The normalized spacial score (nSPS) is 29.7. The third-order valence-electron chi connectivity index (χ3n) is 4.08. The van der Waals surface area contributed by atoms with Crippen LogP contribution in [0.25, 0.3) is 0 Å². The van der Waals surface area contributed by atoms with Gasteiger partial charge in [-0.05, 0) is 32.2 Å². The summed E-state index contributed by atoms with van der Waals surface area (Å²) in [5.74, 6) is -1.27. The molecule has 2 saturated heterocycles. The number of nitrogens with zero attached hydrogens (tertiary/aromatic N) is 1. The number of rotatable bonds is 6. The van der Waals surface area contributed by atoms with Crippen LogP contribution in [-0.2, 0) is 9.47 Å². The highest BCUT2D eigenvalue weighted by Crippen LogP contribution is 2.33. The van der Waals surface area contributed by atoms with Crippen LogP contribution in [0.3, 0.4) is 0 Å². The Morgan fingerprint density at radius 3 is 2.76 bits per heavy atom. The molecular formula is C14H24F3NO3. The zero-order chi connectivity index (χ0) is 15.3. The van der Waals surface area contributed by atoms with E-state index in [-0.39, 0.29) is 32.2 Å². The van der Waals surface area contributed by atoms with Gasteiger partial charge in [-0.15, -0.1) is 0 Å². The Balaban J connectivity index is 1.63. The summed E-state index contributed by atoms with van der Waals surface area (Å²) in [6.45, 7) is 2.16. The number of hydrogen-bond donors (Lipinski definition) is 1. The molecular weight excluding hydrogens is 287 g/mol. The average molecular weight is 311 g/mol. The first kappa shape index (κ1) is 17.0. The Labute approximate surface area is 123 Å². The van der Waals surface area contributed by atoms with Crippen molar-refractivity contribution in [3.63, 3.8) is 0 Å². The number of hydrogen-bond acceptors (Lipinski definition) is 4. The lowest BCUT2D eigenvalue weighted by Crippen LogP contribution is -2.45. The van der Waals surface area contributed by atoms with Gasteiger partial charge in [0.15, 0.2) is 0 Å². The molecule has 7 heteroatoms. The lowest BCUT2D eigenvalue weighted by atomic mass is 9.97. The second-order valence-electron chi connectivity index (χ2n) is 5.97. The summed E-state index contributed by atoms with van der Waals surface area (Å²) in [7, 11) is 0. The predicted molar refractivity (Wildman–Crippen MR) is 71.0 cm³/mol. The van der Waals surface area contributed by atoms with Crippen LogP contribution in [-0.4, -0.2) is 67.8 Å². The van der Waals surface area contributed by atoms with Gasteiger partial charge in [0.05, 0.1) is 31.3 Å². The molecule has 0 aromatic heterocycles. The van der Waals surface area contributed by atoms with Crippen LogP contribution in [0.1, 0.15) is 25.7 Å². The lowest BCUT2D eigenvalue weighted by molar-refractivity contribution is -0.187. The van der Waals surface area contributed by atoms with Gasteiger partial charge in [-0.1, -0.05) is 0 Å². The second kappa shape index (κ2) is 7.76. The van der Waals surface area contributed by atoms with Crippen LogP contribution in [0.15, 0.2) is 0 Å². The van der Waals surface area contributed by atoms with Crippen LogP contribution < -0.4 is 0 Å². The molecule has 0 spiro atoms. The second-order valence-corrected chi connectivity index (χ2v) is 5.97. The third-order valence-corrected chi connectivity index (χ3v) is 4.08. The molecule has 0 unspecified atom stereocenters. The maximum absolute atomic E-state index is 12.7. The Kier molecular flexibility index (Phi) is 6.28. The predicted octanol–water partition coefficient (Wildman–Crippen LogP) is 1.82. The maximum atomic E-state index is 12.7. The monoisotopic (exact) mass is 311 g/mol. The van der Waals surface area contributed by atoms with E-state index in [9.17, 15) is 18.3 Å². The molecule has 3 atom stereocenters. The van der Waals surface area contributed by atoms with Gasteiger partial charge in [0.2, 0.25) is 0 Å². The van der Waals surface area contributed by atoms with Gasteiger partial charge >= 0.3 is 6.18 Å². The van der Waals surface area contributed by atoms with Gasteiger partial charge in [-0.25, -0.2) is 0 Å².